The number of carbonyl (C=O) groups is 1. The summed E-state index contributed by atoms with van der Waals surface area (Å²) in [5.41, 5.74) is 2.66. The second-order valence-corrected chi connectivity index (χ2v) is 5.04. The molecule has 20 heavy (non-hydrogen) atoms. The van der Waals surface area contributed by atoms with E-state index < -0.39 is 0 Å². The van der Waals surface area contributed by atoms with Crippen LogP contribution in [-0.2, 0) is 4.74 Å². The molecule has 1 aromatic carbocycles. The summed E-state index contributed by atoms with van der Waals surface area (Å²) in [4.78, 5) is 14.2. The quantitative estimate of drug-likeness (QED) is 0.728. The van der Waals surface area contributed by atoms with Crippen molar-refractivity contribution in [2.24, 2.45) is 0 Å². The van der Waals surface area contributed by atoms with E-state index in [1.807, 2.05) is 18.2 Å². The van der Waals surface area contributed by atoms with Gasteiger partial charge in [-0.3, -0.25) is 4.79 Å². The second-order valence-electron chi connectivity index (χ2n) is 5.04. The van der Waals surface area contributed by atoms with Crippen molar-refractivity contribution < 1.29 is 14.6 Å². The number of ether oxygens (including phenoxy) is 1. The Morgan fingerprint density at radius 1 is 1.35 bits per heavy atom. The van der Waals surface area contributed by atoms with E-state index in [2.05, 4.69) is 10.6 Å². The van der Waals surface area contributed by atoms with Gasteiger partial charge in [0.2, 0.25) is 0 Å². The van der Waals surface area contributed by atoms with Crippen molar-refractivity contribution >= 4 is 17.3 Å². The van der Waals surface area contributed by atoms with Gasteiger partial charge in [-0.2, -0.15) is 0 Å². The lowest BCUT2D eigenvalue weighted by atomic mass is 10.1. The Balaban J connectivity index is 1.76. The van der Waals surface area contributed by atoms with Crippen molar-refractivity contribution in [2.75, 3.05) is 50.0 Å². The third kappa shape index (κ3) is 2.57. The molecule has 0 bridgehead atoms. The molecule has 1 amide bonds. The zero-order valence-electron chi connectivity index (χ0n) is 11.3. The molecule has 1 aromatic rings. The van der Waals surface area contributed by atoms with Gasteiger partial charge in [0, 0.05) is 31.7 Å². The Hall–Kier alpha value is -1.79. The molecule has 1 atom stereocenters. The molecule has 0 saturated carbocycles. The van der Waals surface area contributed by atoms with Crippen molar-refractivity contribution in [2.45, 2.75) is 6.10 Å². The summed E-state index contributed by atoms with van der Waals surface area (Å²) in [6.07, 6.45) is -0.273. The number of carbonyl (C=O) groups excluding carboxylic acids is 1. The van der Waals surface area contributed by atoms with Crippen LogP contribution in [-0.4, -0.2) is 61.4 Å². The Bertz CT molecular complexity index is 506. The number of aliphatic hydroxyl groups is 1. The highest BCUT2D eigenvalue weighted by molar-refractivity contribution is 5.96. The fourth-order valence-corrected chi connectivity index (χ4v) is 2.57. The average Bonchev–Trinajstić information content (AvgIpc) is 2.53. The van der Waals surface area contributed by atoms with Crippen LogP contribution >= 0.6 is 0 Å². The first kappa shape index (κ1) is 13.2. The van der Waals surface area contributed by atoms with E-state index in [4.69, 9.17) is 9.84 Å². The van der Waals surface area contributed by atoms with Gasteiger partial charge in [-0.1, -0.05) is 0 Å². The lowest BCUT2D eigenvalue weighted by Gasteiger charge is -2.32. The molecule has 0 aromatic heterocycles. The number of benzene rings is 1. The molecule has 2 aliphatic rings. The van der Waals surface area contributed by atoms with Crippen LogP contribution in [0.15, 0.2) is 18.2 Å². The van der Waals surface area contributed by atoms with Crippen LogP contribution < -0.4 is 10.6 Å². The van der Waals surface area contributed by atoms with Crippen LogP contribution in [0.25, 0.3) is 0 Å². The summed E-state index contributed by atoms with van der Waals surface area (Å²) in [5, 5.41) is 15.7. The van der Waals surface area contributed by atoms with Gasteiger partial charge in [-0.25, -0.2) is 0 Å². The summed E-state index contributed by atoms with van der Waals surface area (Å²) < 4.78 is 5.37. The molecule has 1 unspecified atom stereocenters. The first-order valence-corrected chi connectivity index (χ1v) is 6.91. The van der Waals surface area contributed by atoms with Gasteiger partial charge in [-0.15, -0.1) is 0 Å². The predicted octanol–water partition coefficient (Wildman–Crippen LogP) is 0.357. The number of morpholine rings is 1. The molecule has 0 radical (unpaired) electrons. The standard InChI is InChI=1S/C14H19N3O3/c18-9-11-8-17(5-6-20-11)14(19)10-1-2-12-13(7-10)16-4-3-15-12/h1-2,7,11,15-16,18H,3-6,8-9H2. The molecule has 6 nitrogen and oxygen atoms in total. The molecule has 3 N–H and O–H groups in total. The van der Waals surface area contributed by atoms with Gasteiger partial charge in [-0.05, 0) is 18.2 Å². The zero-order valence-corrected chi connectivity index (χ0v) is 11.3. The maximum absolute atomic E-state index is 12.5. The van der Waals surface area contributed by atoms with Crippen LogP contribution in [0, 0.1) is 0 Å². The number of fused-ring (bicyclic) bond motifs is 1. The Labute approximate surface area is 117 Å². The molecule has 2 aliphatic heterocycles. The largest absolute Gasteiger partial charge is 0.394 e. The summed E-state index contributed by atoms with van der Waals surface area (Å²) in [6, 6.07) is 5.65. The van der Waals surface area contributed by atoms with E-state index in [9.17, 15) is 4.79 Å². The topological polar surface area (TPSA) is 73.8 Å². The van der Waals surface area contributed by atoms with Crippen molar-refractivity contribution in [3.05, 3.63) is 23.8 Å². The molecule has 1 fully saturated rings. The molecule has 1 saturated heterocycles. The summed E-state index contributed by atoms with van der Waals surface area (Å²) in [7, 11) is 0. The molecule has 0 spiro atoms. The first-order valence-electron chi connectivity index (χ1n) is 6.91. The first-order chi connectivity index (χ1) is 9.78. The summed E-state index contributed by atoms with van der Waals surface area (Å²) >= 11 is 0. The van der Waals surface area contributed by atoms with Crippen molar-refractivity contribution in [3.63, 3.8) is 0 Å². The van der Waals surface area contributed by atoms with Crippen LogP contribution in [0.3, 0.4) is 0 Å². The van der Waals surface area contributed by atoms with Crippen LogP contribution in [0.4, 0.5) is 11.4 Å². The number of aliphatic hydroxyl groups excluding tert-OH is 1. The van der Waals surface area contributed by atoms with E-state index in [-0.39, 0.29) is 18.6 Å². The number of hydrogen-bond donors (Lipinski definition) is 3. The number of hydrogen-bond acceptors (Lipinski definition) is 5. The molecule has 0 aliphatic carbocycles. The zero-order chi connectivity index (χ0) is 13.9. The van der Waals surface area contributed by atoms with Crippen molar-refractivity contribution in [1.29, 1.82) is 0 Å². The molecular weight excluding hydrogens is 258 g/mol. The summed E-state index contributed by atoms with van der Waals surface area (Å²) in [6.45, 7) is 3.17. The molecule has 108 valence electrons. The monoisotopic (exact) mass is 277 g/mol. The lowest BCUT2D eigenvalue weighted by Crippen LogP contribution is -2.46. The highest BCUT2D eigenvalue weighted by atomic mass is 16.5. The second kappa shape index (κ2) is 5.68. The third-order valence-electron chi connectivity index (χ3n) is 3.65. The number of amides is 1. The van der Waals surface area contributed by atoms with Gasteiger partial charge in [0.25, 0.3) is 5.91 Å². The lowest BCUT2D eigenvalue weighted by molar-refractivity contribution is -0.0447. The van der Waals surface area contributed by atoms with Crippen LogP contribution in [0.5, 0.6) is 0 Å². The van der Waals surface area contributed by atoms with E-state index in [1.165, 1.54) is 0 Å². The van der Waals surface area contributed by atoms with Gasteiger partial charge < -0.3 is 25.4 Å². The minimum Gasteiger partial charge on any atom is -0.394 e. The minimum absolute atomic E-state index is 0.0121. The van der Waals surface area contributed by atoms with Crippen LogP contribution in [0.1, 0.15) is 10.4 Å². The van der Waals surface area contributed by atoms with Crippen LogP contribution in [0.2, 0.25) is 0 Å². The fraction of sp³-hybridized carbons (Fsp3) is 0.500. The maximum Gasteiger partial charge on any atom is 0.254 e. The fourth-order valence-electron chi connectivity index (χ4n) is 2.57. The summed E-state index contributed by atoms with van der Waals surface area (Å²) in [5.74, 6) is -0.0121. The Kier molecular flexibility index (Phi) is 3.75. The Morgan fingerprint density at radius 3 is 2.95 bits per heavy atom. The van der Waals surface area contributed by atoms with Gasteiger partial charge in [0.05, 0.1) is 30.7 Å². The van der Waals surface area contributed by atoms with Crippen molar-refractivity contribution in [3.8, 4) is 0 Å². The smallest absolute Gasteiger partial charge is 0.254 e. The van der Waals surface area contributed by atoms with E-state index in [0.29, 0.717) is 25.3 Å². The van der Waals surface area contributed by atoms with Gasteiger partial charge in [0.1, 0.15) is 0 Å². The SMILES string of the molecule is O=C(c1ccc2c(c1)NCCN2)N1CCOC(CO)C1. The van der Waals surface area contributed by atoms with Crippen molar-refractivity contribution in [1.82, 2.24) is 4.90 Å². The number of rotatable bonds is 2. The highest BCUT2D eigenvalue weighted by Crippen LogP contribution is 2.26. The van der Waals surface area contributed by atoms with E-state index >= 15 is 0 Å². The molecule has 3 rings (SSSR count). The number of nitrogens with one attached hydrogen (secondary N) is 2. The molecule has 2 heterocycles. The maximum atomic E-state index is 12.5. The average molecular weight is 277 g/mol. The highest BCUT2D eigenvalue weighted by Gasteiger charge is 2.25. The number of anilines is 2. The normalized spacial score (nSPS) is 21.6. The van der Waals surface area contributed by atoms with Gasteiger partial charge >= 0.3 is 0 Å². The third-order valence-corrected chi connectivity index (χ3v) is 3.65. The number of nitrogens with zero attached hydrogens (tertiary/aromatic N) is 1. The van der Waals surface area contributed by atoms with E-state index in [1.54, 1.807) is 4.90 Å². The predicted molar refractivity (Wildman–Crippen MR) is 76.2 cm³/mol. The minimum atomic E-state index is -0.273. The van der Waals surface area contributed by atoms with E-state index in [0.717, 1.165) is 24.5 Å². The Morgan fingerprint density at radius 2 is 2.15 bits per heavy atom. The molecular formula is C14H19N3O3. The molecule has 6 heteroatoms. The van der Waals surface area contributed by atoms with Gasteiger partial charge in [0.15, 0.2) is 0 Å².